The van der Waals surface area contributed by atoms with Crippen LogP contribution in [-0.2, 0) is 11.2 Å². The minimum Gasteiger partial charge on any atom is -0.452 e. The van der Waals surface area contributed by atoms with Crippen LogP contribution in [0.4, 0.5) is 0 Å². The molecule has 1 aliphatic rings. The van der Waals surface area contributed by atoms with Gasteiger partial charge in [0.25, 0.3) is 7.48 Å². The van der Waals surface area contributed by atoms with E-state index in [1.54, 1.807) is 0 Å². The molecule has 2 aromatic rings. The normalized spacial score (nSPS) is 17.9. The monoisotopic (exact) mass is 597 g/mol. The van der Waals surface area contributed by atoms with Crippen molar-refractivity contribution in [2.75, 3.05) is 32.7 Å². The quantitative estimate of drug-likeness (QED) is 0.173. The molecule has 7 nitrogen and oxygen atoms in total. The molecule has 3 rings (SSSR count). The number of rotatable bonds is 14. The standard InChI is InChI=1S/C36H52BN5O2/c1-7-8-11-31-13-15-33(16-14-31)34-19-17-32(18-20-34)28(4)38-22-27(3)42-36-24-44-21-10-9-12-35(29(5)40-25-37-43)41-26(2)23-39-30(36)6/h13-20,35-43H,2-12,21-25H2,1H3. The summed E-state index contributed by atoms with van der Waals surface area (Å²) in [5, 5.41) is 26.1. The first-order chi connectivity index (χ1) is 21.3. The van der Waals surface area contributed by atoms with Gasteiger partial charge < -0.3 is 36.3 Å². The summed E-state index contributed by atoms with van der Waals surface area (Å²) in [4.78, 5) is 0. The molecular weight excluding hydrogens is 545 g/mol. The second-order valence-electron chi connectivity index (χ2n) is 11.4. The van der Waals surface area contributed by atoms with Gasteiger partial charge in [0, 0.05) is 41.5 Å². The lowest BCUT2D eigenvalue weighted by Crippen LogP contribution is -2.43. The Balaban J connectivity index is 1.50. The van der Waals surface area contributed by atoms with Gasteiger partial charge in [-0.2, -0.15) is 0 Å². The second kappa shape index (κ2) is 18.7. The molecule has 1 fully saturated rings. The molecule has 0 spiro atoms. The lowest BCUT2D eigenvalue weighted by Gasteiger charge is -2.26. The Morgan fingerprint density at radius 1 is 1.00 bits per heavy atom. The van der Waals surface area contributed by atoms with Crippen molar-refractivity contribution in [3.8, 4) is 11.1 Å². The molecule has 0 radical (unpaired) electrons. The topological polar surface area (TPSA) is 89.6 Å². The number of unbranched alkanes of at least 4 members (excludes halogenated alkanes) is 1. The molecular formula is C36H52BN5O2. The van der Waals surface area contributed by atoms with Gasteiger partial charge in [-0.25, -0.2) is 0 Å². The van der Waals surface area contributed by atoms with Crippen molar-refractivity contribution in [2.45, 2.75) is 57.5 Å². The van der Waals surface area contributed by atoms with Crippen molar-refractivity contribution >= 4 is 13.2 Å². The van der Waals surface area contributed by atoms with Crippen LogP contribution < -0.4 is 26.6 Å². The number of hydrogen-bond acceptors (Lipinski definition) is 7. The van der Waals surface area contributed by atoms with Gasteiger partial charge in [-0.15, -0.1) is 0 Å². The minimum absolute atomic E-state index is 0.0239. The number of ether oxygens (including phenoxy) is 1. The Morgan fingerprint density at radius 2 is 1.70 bits per heavy atom. The molecule has 2 aromatic carbocycles. The van der Waals surface area contributed by atoms with E-state index in [1.807, 2.05) is 0 Å². The number of aryl methyl sites for hydroxylation is 1. The van der Waals surface area contributed by atoms with Gasteiger partial charge in [0.1, 0.15) is 0 Å². The highest BCUT2D eigenvalue weighted by atomic mass is 16.5. The van der Waals surface area contributed by atoms with Crippen molar-refractivity contribution in [3.05, 3.63) is 115 Å². The summed E-state index contributed by atoms with van der Waals surface area (Å²) in [6.45, 7) is 25.5. The van der Waals surface area contributed by atoms with Crippen LogP contribution in [0.1, 0.15) is 50.2 Å². The zero-order chi connectivity index (χ0) is 31.7. The Bertz CT molecular complexity index is 1240. The zero-order valence-electron chi connectivity index (χ0n) is 26.6. The summed E-state index contributed by atoms with van der Waals surface area (Å²) in [7, 11) is 0.0625. The van der Waals surface area contributed by atoms with E-state index in [1.165, 1.54) is 29.5 Å². The van der Waals surface area contributed by atoms with Gasteiger partial charge in [-0.05, 0) is 54.4 Å². The van der Waals surface area contributed by atoms with Crippen LogP contribution >= 0.6 is 0 Å². The fourth-order valence-corrected chi connectivity index (χ4v) is 5.02. The first-order valence-corrected chi connectivity index (χ1v) is 15.9. The molecule has 0 aromatic heterocycles. The van der Waals surface area contributed by atoms with Gasteiger partial charge in [0.05, 0.1) is 31.8 Å². The molecule has 2 atom stereocenters. The number of benzene rings is 2. The van der Waals surface area contributed by atoms with Gasteiger partial charge >= 0.3 is 0 Å². The highest BCUT2D eigenvalue weighted by Crippen LogP contribution is 2.22. The third-order valence-corrected chi connectivity index (χ3v) is 7.76. The van der Waals surface area contributed by atoms with E-state index in [0.29, 0.717) is 32.7 Å². The lowest BCUT2D eigenvalue weighted by atomic mass is 10.0. The van der Waals surface area contributed by atoms with E-state index >= 15 is 0 Å². The van der Waals surface area contributed by atoms with Crippen LogP contribution in [0.3, 0.4) is 0 Å². The van der Waals surface area contributed by atoms with Crippen molar-refractivity contribution in [3.63, 3.8) is 0 Å². The third-order valence-electron chi connectivity index (χ3n) is 7.76. The third kappa shape index (κ3) is 11.7. The van der Waals surface area contributed by atoms with Crippen LogP contribution in [0.25, 0.3) is 16.8 Å². The highest BCUT2D eigenvalue weighted by Gasteiger charge is 2.17. The van der Waals surface area contributed by atoms with Gasteiger partial charge in [-0.3, -0.25) is 0 Å². The minimum atomic E-state index is -0.157. The van der Waals surface area contributed by atoms with Gasteiger partial charge in [0.15, 0.2) is 0 Å². The van der Waals surface area contributed by atoms with E-state index in [4.69, 9.17) is 9.76 Å². The van der Waals surface area contributed by atoms with Crippen LogP contribution in [-0.4, -0.2) is 57.3 Å². The summed E-state index contributed by atoms with van der Waals surface area (Å²) in [6.07, 6.45) is 6.84. The van der Waals surface area contributed by atoms with Crippen molar-refractivity contribution in [1.29, 1.82) is 0 Å². The van der Waals surface area contributed by atoms with E-state index in [2.05, 4.69) is 115 Å². The van der Waals surface area contributed by atoms with Crippen molar-refractivity contribution in [1.82, 2.24) is 26.6 Å². The van der Waals surface area contributed by atoms with E-state index in [-0.39, 0.29) is 19.6 Å². The molecule has 1 aliphatic heterocycles. The molecule has 0 bridgehead atoms. The largest absolute Gasteiger partial charge is 0.452 e. The molecule has 0 aliphatic carbocycles. The molecule has 44 heavy (non-hydrogen) atoms. The van der Waals surface area contributed by atoms with Gasteiger partial charge in [-0.1, -0.05) is 94.8 Å². The summed E-state index contributed by atoms with van der Waals surface area (Å²) < 4.78 is 6.03. The van der Waals surface area contributed by atoms with Crippen LogP contribution in [0.15, 0.2) is 104 Å². The number of nitrogens with one attached hydrogen (secondary N) is 5. The maximum atomic E-state index is 9.15. The summed E-state index contributed by atoms with van der Waals surface area (Å²) in [5.41, 5.74) is 8.98. The number of hydrogen-bond donors (Lipinski definition) is 6. The lowest BCUT2D eigenvalue weighted by molar-refractivity contribution is 0.116. The van der Waals surface area contributed by atoms with E-state index in [0.717, 1.165) is 59.7 Å². The summed E-state index contributed by atoms with van der Waals surface area (Å²) >= 11 is 0. The van der Waals surface area contributed by atoms with E-state index in [9.17, 15) is 0 Å². The fourth-order valence-electron chi connectivity index (χ4n) is 5.02. The molecule has 0 amide bonds. The van der Waals surface area contributed by atoms with E-state index < -0.39 is 0 Å². The van der Waals surface area contributed by atoms with Crippen LogP contribution in [0.5, 0.6) is 0 Å². The van der Waals surface area contributed by atoms with Crippen molar-refractivity contribution in [2.24, 2.45) is 0 Å². The molecule has 2 unspecified atom stereocenters. The Hall–Kier alpha value is -3.88. The maximum Gasteiger partial charge on any atom is 0.290 e. The molecule has 0 saturated carbocycles. The summed E-state index contributed by atoms with van der Waals surface area (Å²) in [6, 6.07) is 17.2. The SMILES string of the molecule is C=C1CNC(=C)C(NC(=C)CNC(=C)c2ccc(-c3ccc(CCCC)cc3)cc2)COCCCCC(C(=C)NCBO)N1. The fraction of sp³-hybridized carbons (Fsp3) is 0.389. The Labute approximate surface area is 265 Å². The molecule has 8 heteroatoms. The maximum absolute atomic E-state index is 9.15. The Kier molecular flexibility index (Phi) is 14.7. The van der Waals surface area contributed by atoms with Crippen LogP contribution in [0.2, 0.25) is 0 Å². The molecule has 236 valence electrons. The van der Waals surface area contributed by atoms with Gasteiger partial charge in [0.2, 0.25) is 0 Å². The molecule has 1 heterocycles. The average molecular weight is 598 g/mol. The second-order valence-corrected chi connectivity index (χ2v) is 11.4. The summed E-state index contributed by atoms with van der Waals surface area (Å²) in [5.74, 6) is 0. The molecule has 6 N–H and O–H groups in total. The Morgan fingerprint density at radius 3 is 2.39 bits per heavy atom. The first kappa shape index (κ1) is 34.6. The molecule has 1 saturated heterocycles. The highest BCUT2D eigenvalue weighted by molar-refractivity contribution is 6.25. The zero-order valence-corrected chi connectivity index (χ0v) is 26.6. The smallest absolute Gasteiger partial charge is 0.290 e. The average Bonchev–Trinajstić information content (AvgIpc) is 3.05. The van der Waals surface area contributed by atoms with Crippen molar-refractivity contribution < 1.29 is 9.76 Å². The first-order valence-electron chi connectivity index (χ1n) is 15.9. The van der Waals surface area contributed by atoms with Crippen LogP contribution in [0, 0.1) is 0 Å². The predicted octanol–water partition coefficient (Wildman–Crippen LogP) is 4.91. The predicted molar refractivity (Wildman–Crippen MR) is 188 cm³/mol.